The van der Waals surface area contributed by atoms with E-state index in [1.54, 1.807) is 38.3 Å². The number of rotatable bonds is 7. The number of nitrogens with zero attached hydrogens (tertiary/aromatic N) is 1. The van der Waals surface area contributed by atoms with E-state index in [1.807, 2.05) is 36.4 Å². The van der Waals surface area contributed by atoms with Crippen LogP contribution < -0.4 is 14.8 Å². The van der Waals surface area contributed by atoms with Gasteiger partial charge in [0.2, 0.25) is 0 Å². The van der Waals surface area contributed by atoms with Gasteiger partial charge in [0, 0.05) is 10.7 Å². The first-order valence-electron chi connectivity index (χ1n) is 11.1. The van der Waals surface area contributed by atoms with Crippen LogP contribution in [0.2, 0.25) is 5.02 Å². The smallest absolute Gasteiger partial charge is 0.266 e. The maximum Gasteiger partial charge on any atom is 0.266 e. The summed E-state index contributed by atoms with van der Waals surface area (Å²) in [5.74, 6) is 0.589. The summed E-state index contributed by atoms with van der Waals surface area (Å²) < 4.78 is 12.6. The fraction of sp³-hybridized carbons (Fsp3) is 0.103. The van der Waals surface area contributed by atoms with E-state index in [2.05, 4.69) is 46.1 Å². The van der Waals surface area contributed by atoms with Gasteiger partial charge in [-0.2, -0.15) is 5.26 Å². The van der Waals surface area contributed by atoms with Gasteiger partial charge in [0.1, 0.15) is 18.2 Å². The molecule has 1 amide bonds. The first-order valence-corrected chi connectivity index (χ1v) is 12.5. The summed E-state index contributed by atoms with van der Waals surface area (Å²) in [6.07, 6.45) is 1.52. The molecule has 1 N–H and O–H groups in total. The number of benzene rings is 4. The van der Waals surface area contributed by atoms with Gasteiger partial charge in [0.05, 0.1) is 10.7 Å². The number of ether oxygens (including phenoxy) is 2. The first-order chi connectivity index (χ1) is 17.4. The van der Waals surface area contributed by atoms with E-state index in [4.69, 9.17) is 21.1 Å². The first kappa shape index (κ1) is 25.5. The van der Waals surface area contributed by atoms with E-state index in [0.29, 0.717) is 34.4 Å². The Hall–Kier alpha value is -3.54. The number of nitriles is 1. The second-order valence-electron chi connectivity index (χ2n) is 8.00. The maximum atomic E-state index is 12.8. The number of carbonyl (C=O) groups excluding carboxylic acids is 1. The van der Waals surface area contributed by atoms with E-state index < -0.39 is 5.91 Å². The van der Waals surface area contributed by atoms with Gasteiger partial charge in [-0.15, -0.1) is 0 Å². The largest absolute Gasteiger partial charge is 0.493 e. The number of carbonyl (C=O) groups is 1. The highest BCUT2D eigenvalue weighted by Crippen LogP contribution is 2.36. The number of nitrogens with one attached hydrogen (secondary N) is 1. The molecular weight excluding hydrogens is 587 g/mol. The van der Waals surface area contributed by atoms with Crippen LogP contribution in [0.1, 0.15) is 16.7 Å². The molecule has 0 atom stereocenters. The minimum absolute atomic E-state index is 0.0448. The SMILES string of the molecule is COc1cc(/C=C(/C#N)C(=O)Nc2cccc(Cl)c2C)cc(I)c1OCc1cccc2ccccc12. The molecule has 0 bridgehead atoms. The fourth-order valence-corrected chi connectivity index (χ4v) is 4.73. The van der Waals surface area contributed by atoms with Gasteiger partial charge in [-0.05, 0) is 87.3 Å². The van der Waals surface area contributed by atoms with Crippen LogP contribution in [0.3, 0.4) is 0 Å². The third-order valence-corrected chi connectivity index (χ3v) is 6.91. The van der Waals surface area contributed by atoms with E-state index >= 15 is 0 Å². The molecule has 0 unspecified atom stereocenters. The molecular formula is C29H22ClIN2O3. The Kier molecular flexibility index (Phi) is 8.14. The van der Waals surface area contributed by atoms with Crippen LogP contribution in [-0.4, -0.2) is 13.0 Å². The molecule has 36 heavy (non-hydrogen) atoms. The second kappa shape index (κ2) is 11.5. The van der Waals surface area contributed by atoms with Crippen LogP contribution in [-0.2, 0) is 11.4 Å². The highest BCUT2D eigenvalue weighted by Gasteiger charge is 2.15. The summed E-state index contributed by atoms with van der Waals surface area (Å²) in [5, 5.41) is 15.2. The van der Waals surface area contributed by atoms with Gasteiger partial charge in [-0.1, -0.05) is 60.1 Å². The molecule has 0 spiro atoms. The Labute approximate surface area is 228 Å². The lowest BCUT2D eigenvalue weighted by Gasteiger charge is -2.15. The number of hydrogen-bond donors (Lipinski definition) is 1. The van der Waals surface area contributed by atoms with Crippen molar-refractivity contribution in [2.24, 2.45) is 0 Å². The molecule has 0 aromatic heterocycles. The minimum Gasteiger partial charge on any atom is -0.493 e. The molecule has 0 aliphatic heterocycles. The summed E-state index contributed by atoms with van der Waals surface area (Å²) in [5.41, 5.74) is 2.95. The molecule has 0 saturated carbocycles. The number of methoxy groups -OCH3 is 1. The van der Waals surface area contributed by atoms with Crippen LogP contribution >= 0.6 is 34.2 Å². The molecule has 4 aromatic rings. The zero-order valence-electron chi connectivity index (χ0n) is 19.6. The number of hydrogen-bond acceptors (Lipinski definition) is 4. The lowest BCUT2D eigenvalue weighted by Crippen LogP contribution is -2.14. The highest BCUT2D eigenvalue weighted by atomic mass is 127. The van der Waals surface area contributed by atoms with E-state index in [0.717, 1.165) is 25.5 Å². The predicted octanol–water partition coefficient (Wildman–Crippen LogP) is 7.54. The van der Waals surface area contributed by atoms with Crippen molar-refractivity contribution in [3.63, 3.8) is 0 Å². The van der Waals surface area contributed by atoms with E-state index in [-0.39, 0.29) is 5.57 Å². The quantitative estimate of drug-likeness (QED) is 0.134. The number of anilines is 1. The van der Waals surface area contributed by atoms with Crippen LogP contribution in [0.15, 0.2) is 78.4 Å². The summed E-state index contributed by atoms with van der Waals surface area (Å²) in [6, 6.07) is 25.1. The van der Waals surface area contributed by atoms with Gasteiger partial charge in [-0.25, -0.2) is 0 Å². The molecule has 4 aromatic carbocycles. The van der Waals surface area contributed by atoms with Crippen molar-refractivity contribution in [2.75, 3.05) is 12.4 Å². The van der Waals surface area contributed by atoms with Crippen LogP contribution in [0.4, 0.5) is 5.69 Å². The molecule has 0 aliphatic rings. The van der Waals surface area contributed by atoms with E-state index in [9.17, 15) is 10.1 Å². The topological polar surface area (TPSA) is 71.3 Å². The molecule has 0 saturated heterocycles. The minimum atomic E-state index is -0.520. The number of amides is 1. The summed E-state index contributed by atoms with van der Waals surface area (Å²) in [6.45, 7) is 2.17. The summed E-state index contributed by atoms with van der Waals surface area (Å²) in [4.78, 5) is 12.8. The maximum absolute atomic E-state index is 12.8. The third kappa shape index (κ3) is 5.64. The lowest BCUT2D eigenvalue weighted by atomic mass is 10.1. The van der Waals surface area contributed by atoms with Crippen molar-refractivity contribution < 1.29 is 14.3 Å². The predicted molar refractivity (Wildman–Crippen MR) is 152 cm³/mol. The van der Waals surface area contributed by atoms with Crippen molar-refractivity contribution in [1.82, 2.24) is 0 Å². The van der Waals surface area contributed by atoms with Crippen molar-refractivity contribution in [1.29, 1.82) is 5.26 Å². The zero-order valence-corrected chi connectivity index (χ0v) is 22.6. The second-order valence-corrected chi connectivity index (χ2v) is 9.57. The number of fused-ring (bicyclic) bond motifs is 1. The van der Waals surface area contributed by atoms with Gasteiger partial charge in [0.25, 0.3) is 5.91 Å². The average Bonchev–Trinajstić information content (AvgIpc) is 2.88. The van der Waals surface area contributed by atoms with Crippen molar-refractivity contribution in [3.8, 4) is 17.6 Å². The molecule has 0 fully saturated rings. The summed E-state index contributed by atoms with van der Waals surface area (Å²) >= 11 is 8.31. The third-order valence-electron chi connectivity index (χ3n) is 5.70. The fourth-order valence-electron chi connectivity index (χ4n) is 3.78. The standard InChI is InChI=1S/C29H22ClIN2O3/c1-18-24(30)11-6-12-26(18)33-29(34)22(16-32)13-19-14-25(31)28(27(15-19)35-2)36-17-21-9-5-8-20-7-3-4-10-23(20)21/h3-15H,17H2,1-2H3,(H,33,34)/b22-13-. The Morgan fingerprint density at radius 2 is 1.86 bits per heavy atom. The van der Waals surface area contributed by atoms with E-state index in [1.165, 1.54) is 6.08 Å². The van der Waals surface area contributed by atoms with Crippen molar-refractivity contribution >= 4 is 62.6 Å². The molecule has 180 valence electrons. The van der Waals surface area contributed by atoms with Crippen LogP contribution in [0.25, 0.3) is 16.8 Å². The Balaban J connectivity index is 1.58. The van der Waals surface area contributed by atoms with Crippen molar-refractivity contribution in [3.05, 3.63) is 104 Å². The average molecular weight is 609 g/mol. The van der Waals surface area contributed by atoms with Gasteiger partial charge in [-0.3, -0.25) is 4.79 Å². The van der Waals surface area contributed by atoms with Crippen molar-refractivity contribution in [2.45, 2.75) is 13.5 Å². The lowest BCUT2D eigenvalue weighted by molar-refractivity contribution is -0.112. The molecule has 0 aliphatic carbocycles. The normalized spacial score (nSPS) is 11.1. The van der Waals surface area contributed by atoms with Crippen LogP contribution in [0.5, 0.6) is 11.5 Å². The van der Waals surface area contributed by atoms with Gasteiger partial charge < -0.3 is 14.8 Å². The van der Waals surface area contributed by atoms with Crippen LogP contribution in [0, 0.1) is 21.8 Å². The number of halogens is 2. The molecule has 7 heteroatoms. The highest BCUT2D eigenvalue weighted by molar-refractivity contribution is 14.1. The molecule has 0 radical (unpaired) electrons. The Morgan fingerprint density at radius 3 is 2.64 bits per heavy atom. The summed E-state index contributed by atoms with van der Waals surface area (Å²) in [7, 11) is 1.56. The monoisotopic (exact) mass is 608 g/mol. The Bertz CT molecular complexity index is 1520. The molecule has 4 rings (SSSR count). The van der Waals surface area contributed by atoms with Gasteiger partial charge in [0.15, 0.2) is 11.5 Å². The molecule has 5 nitrogen and oxygen atoms in total. The van der Waals surface area contributed by atoms with Gasteiger partial charge >= 0.3 is 0 Å². The zero-order chi connectivity index (χ0) is 25.7. The molecule has 0 heterocycles. The Morgan fingerprint density at radius 1 is 1.11 bits per heavy atom.